The van der Waals surface area contributed by atoms with E-state index < -0.39 is 6.04 Å². The molecule has 27 heavy (non-hydrogen) atoms. The molecule has 2 fully saturated rings. The van der Waals surface area contributed by atoms with Gasteiger partial charge in [0, 0.05) is 16.8 Å². The zero-order valence-electron chi connectivity index (χ0n) is 15.7. The van der Waals surface area contributed by atoms with Gasteiger partial charge >= 0.3 is 0 Å². The number of rotatable bonds is 6. The first-order valence-electron chi connectivity index (χ1n) is 9.30. The van der Waals surface area contributed by atoms with Gasteiger partial charge in [-0.1, -0.05) is 0 Å². The number of anilines is 2. The van der Waals surface area contributed by atoms with Crippen LogP contribution in [0.2, 0.25) is 0 Å². The average Bonchev–Trinajstić information content (AvgIpc) is 3.51. The number of carbonyl (C=O) groups is 1. The summed E-state index contributed by atoms with van der Waals surface area (Å²) in [5.74, 6) is 2.19. The van der Waals surface area contributed by atoms with Gasteiger partial charge in [0.05, 0.1) is 11.7 Å². The number of aromatic nitrogens is 3. The minimum Gasteiger partial charge on any atom is -0.383 e. The van der Waals surface area contributed by atoms with Crippen LogP contribution in [0.25, 0.3) is 11.1 Å². The molecule has 2 heterocycles. The Morgan fingerprint density at radius 2 is 1.85 bits per heavy atom. The molecule has 1 atom stereocenters. The van der Waals surface area contributed by atoms with Crippen LogP contribution in [0.3, 0.4) is 0 Å². The minimum absolute atomic E-state index is 0. The van der Waals surface area contributed by atoms with Crippen molar-refractivity contribution in [1.82, 2.24) is 15.2 Å². The maximum atomic E-state index is 12.6. The largest absolute Gasteiger partial charge is 0.383 e. The summed E-state index contributed by atoms with van der Waals surface area (Å²) < 4.78 is 0. The van der Waals surface area contributed by atoms with Gasteiger partial charge in [-0.3, -0.25) is 9.89 Å². The molecule has 2 aliphatic carbocycles. The predicted octanol–water partition coefficient (Wildman–Crippen LogP) is 2.79. The van der Waals surface area contributed by atoms with Gasteiger partial charge in [0.2, 0.25) is 5.91 Å². The van der Waals surface area contributed by atoms with Gasteiger partial charge in [0.15, 0.2) is 0 Å². The Morgan fingerprint density at radius 3 is 2.33 bits per heavy atom. The molecule has 0 unspecified atom stereocenters. The van der Waals surface area contributed by atoms with Crippen LogP contribution >= 0.6 is 12.4 Å². The minimum atomic E-state index is -0.476. The number of nitrogens with zero attached hydrogens (tertiary/aromatic N) is 2. The summed E-state index contributed by atoms with van der Waals surface area (Å²) in [4.78, 5) is 17.0. The third-order valence-corrected chi connectivity index (χ3v) is 5.62. The molecule has 2 aliphatic rings. The zero-order chi connectivity index (χ0) is 18.4. The van der Waals surface area contributed by atoms with Gasteiger partial charge in [-0.25, -0.2) is 4.98 Å². The lowest BCUT2D eigenvalue weighted by atomic mass is 9.89. The fourth-order valence-electron chi connectivity index (χ4n) is 4.02. The summed E-state index contributed by atoms with van der Waals surface area (Å²) >= 11 is 0. The van der Waals surface area contributed by atoms with Crippen LogP contribution in [0.5, 0.6) is 0 Å². The predicted molar refractivity (Wildman–Crippen MR) is 108 cm³/mol. The first-order chi connectivity index (χ1) is 12.5. The lowest BCUT2D eigenvalue weighted by Crippen LogP contribution is -2.43. The highest BCUT2D eigenvalue weighted by Gasteiger charge is 2.46. The lowest BCUT2D eigenvalue weighted by molar-refractivity contribution is -0.118. The monoisotopic (exact) mass is 390 g/mol. The number of nitrogen functional groups attached to an aromatic ring is 1. The standard InChI is InChI=1S/C19H26N6O.ClH/c1-9-15(10(2)25-24-9)13-7-8-14(22-18(13)21)23-19(26)17(20)16(11-3-4-11)12-5-6-12;/h7-8,11-12,16-17H,3-6,20H2,1-2H3,(H,24,25)(H3,21,22,23,26);1H/t17-;/m0./s1. The van der Waals surface area contributed by atoms with Gasteiger partial charge in [-0.15, -0.1) is 12.4 Å². The van der Waals surface area contributed by atoms with Gasteiger partial charge in [-0.05, 0) is 69.4 Å². The molecule has 0 radical (unpaired) electrons. The maximum absolute atomic E-state index is 12.6. The number of aromatic amines is 1. The van der Waals surface area contributed by atoms with Crippen molar-refractivity contribution in [3.8, 4) is 11.1 Å². The van der Waals surface area contributed by atoms with Gasteiger partial charge in [0.25, 0.3) is 0 Å². The highest BCUT2D eigenvalue weighted by Crippen LogP contribution is 2.50. The third kappa shape index (κ3) is 3.94. The van der Waals surface area contributed by atoms with Crippen molar-refractivity contribution in [2.24, 2.45) is 23.5 Å². The van der Waals surface area contributed by atoms with E-state index in [0.29, 0.717) is 29.4 Å². The van der Waals surface area contributed by atoms with Crippen molar-refractivity contribution in [2.75, 3.05) is 11.1 Å². The molecule has 2 aromatic rings. The summed E-state index contributed by atoms with van der Waals surface area (Å²) in [6.07, 6.45) is 4.80. The number of carbonyl (C=O) groups excluding carboxylic acids is 1. The van der Waals surface area contributed by atoms with E-state index in [2.05, 4.69) is 20.5 Å². The van der Waals surface area contributed by atoms with E-state index in [1.54, 1.807) is 6.07 Å². The van der Waals surface area contributed by atoms with Crippen molar-refractivity contribution in [2.45, 2.75) is 45.6 Å². The number of nitrogens with two attached hydrogens (primary N) is 2. The molecule has 0 saturated heterocycles. The van der Waals surface area contributed by atoms with Crippen molar-refractivity contribution < 1.29 is 4.79 Å². The average molecular weight is 391 g/mol. The highest BCUT2D eigenvalue weighted by atomic mass is 35.5. The lowest BCUT2D eigenvalue weighted by Gasteiger charge is -2.22. The van der Waals surface area contributed by atoms with Crippen LogP contribution < -0.4 is 16.8 Å². The van der Waals surface area contributed by atoms with Gasteiger partial charge in [0.1, 0.15) is 11.6 Å². The fraction of sp³-hybridized carbons (Fsp3) is 0.526. The molecule has 7 nitrogen and oxygen atoms in total. The molecule has 2 aromatic heterocycles. The molecule has 0 spiro atoms. The van der Waals surface area contributed by atoms with Crippen molar-refractivity contribution in [1.29, 1.82) is 0 Å². The van der Waals surface area contributed by atoms with Crippen LogP contribution in [0, 0.1) is 31.6 Å². The number of halogens is 1. The third-order valence-electron chi connectivity index (χ3n) is 5.62. The number of amides is 1. The number of hydrogen-bond acceptors (Lipinski definition) is 5. The normalized spacial score (nSPS) is 17.5. The molecular formula is C19H27ClN6O. The Morgan fingerprint density at radius 1 is 1.22 bits per heavy atom. The summed E-state index contributed by atoms with van der Waals surface area (Å²) in [6.45, 7) is 3.86. The number of aryl methyl sites for hydroxylation is 2. The Balaban J connectivity index is 0.00000210. The highest BCUT2D eigenvalue weighted by molar-refractivity contribution is 5.94. The van der Waals surface area contributed by atoms with E-state index in [9.17, 15) is 4.79 Å². The van der Waals surface area contributed by atoms with Crippen LogP contribution in [0.15, 0.2) is 12.1 Å². The van der Waals surface area contributed by atoms with Crippen LogP contribution in [-0.4, -0.2) is 27.1 Å². The molecule has 8 heteroatoms. The van der Waals surface area contributed by atoms with Crippen molar-refractivity contribution >= 4 is 29.9 Å². The molecule has 0 aliphatic heterocycles. The van der Waals surface area contributed by atoms with Gasteiger partial charge in [-0.2, -0.15) is 5.10 Å². The number of H-pyrrole nitrogens is 1. The van der Waals surface area contributed by atoms with Crippen molar-refractivity contribution in [3.05, 3.63) is 23.5 Å². The van der Waals surface area contributed by atoms with E-state index in [1.165, 1.54) is 25.7 Å². The van der Waals surface area contributed by atoms with Gasteiger partial charge < -0.3 is 16.8 Å². The Hall–Kier alpha value is -2.12. The molecule has 0 aromatic carbocycles. The first kappa shape index (κ1) is 19.6. The Kier molecular flexibility index (Phi) is 5.44. The molecule has 6 N–H and O–H groups in total. The molecule has 146 valence electrons. The zero-order valence-corrected chi connectivity index (χ0v) is 16.5. The van der Waals surface area contributed by atoms with E-state index >= 15 is 0 Å². The fourth-order valence-corrected chi connectivity index (χ4v) is 4.02. The number of hydrogen-bond donors (Lipinski definition) is 4. The van der Waals surface area contributed by atoms with Crippen LogP contribution in [0.1, 0.15) is 37.1 Å². The first-order valence-corrected chi connectivity index (χ1v) is 9.30. The smallest absolute Gasteiger partial charge is 0.242 e. The van der Waals surface area contributed by atoms with E-state index in [0.717, 1.165) is 22.5 Å². The topological polar surface area (TPSA) is 123 Å². The Labute approximate surface area is 165 Å². The quantitative estimate of drug-likeness (QED) is 0.603. The SMILES string of the molecule is Cc1n[nH]c(C)c1-c1ccc(NC(=O)[C@@H](N)C(C2CC2)C2CC2)nc1N.Cl. The second-order valence-corrected chi connectivity index (χ2v) is 7.71. The summed E-state index contributed by atoms with van der Waals surface area (Å²) in [5, 5.41) is 10.00. The Bertz CT molecular complexity index is 811. The second-order valence-electron chi connectivity index (χ2n) is 7.71. The summed E-state index contributed by atoms with van der Waals surface area (Å²) in [7, 11) is 0. The van der Waals surface area contributed by atoms with E-state index in [4.69, 9.17) is 11.5 Å². The molecule has 2 saturated carbocycles. The summed E-state index contributed by atoms with van der Waals surface area (Å²) in [6, 6.07) is 3.16. The molecule has 4 rings (SSSR count). The van der Waals surface area contributed by atoms with Crippen LogP contribution in [-0.2, 0) is 4.79 Å². The number of pyridine rings is 1. The molecule has 0 bridgehead atoms. The summed E-state index contributed by atoms with van der Waals surface area (Å²) in [5.41, 5.74) is 16.0. The van der Waals surface area contributed by atoms with E-state index in [-0.39, 0.29) is 18.3 Å². The molecule has 1 amide bonds. The second kappa shape index (κ2) is 7.48. The molecular weight excluding hydrogens is 364 g/mol. The number of nitrogens with one attached hydrogen (secondary N) is 2. The maximum Gasteiger partial charge on any atom is 0.242 e. The van der Waals surface area contributed by atoms with Crippen molar-refractivity contribution in [3.63, 3.8) is 0 Å². The van der Waals surface area contributed by atoms with Crippen LogP contribution in [0.4, 0.5) is 11.6 Å². The van der Waals surface area contributed by atoms with E-state index in [1.807, 2.05) is 19.9 Å².